The number of nitriles is 1. The molecule has 17 heavy (non-hydrogen) atoms. The summed E-state index contributed by atoms with van der Waals surface area (Å²) < 4.78 is 74.2. The van der Waals surface area contributed by atoms with Crippen LogP contribution in [0.15, 0.2) is 12.1 Å². The van der Waals surface area contributed by atoms with Crippen LogP contribution in [0.2, 0.25) is 0 Å². The first-order valence-corrected chi connectivity index (χ1v) is 3.99. The number of phenols is 1. The Morgan fingerprint density at radius 1 is 1.00 bits per heavy atom. The number of halogens is 6. The van der Waals surface area contributed by atoms with Crippen molar-refractivity contribution >= 4 is 0 Å². The van der Waals surface area contributed by atoms with E-state index in [1.54, 1.807) is 0 Å². The highest BCUT2D eigenvalue weighted by atomic mass is 19.4. The summed E-state index contributed by atoms with van der Waals surface area (Å²) in [5, 5.41) is 17.3. The molecule has 0 heterocycles. The number of hydrogen-bond acceptors (Lipinski definition) is 2. The first kappa shape index (κ1) is 13.2. The number of nitrogens with zero attached hydrogens (tertiary/aromatic N) is 1. The lowest BCUT2D eigenvalue weighted by atomic mass is 10.00. The van der Waals surface area contributed by atoms with E-state index in [0.717, 1.165) is 6.07 Å². The van der Waals surface area contributed by atoms with Crippen molar-refractivity contribution in [3.05, 3.63) is 28.8 Å². The Balaban J connectivity index is 3.68. The Morgan fingerprint density at radius 3 is 1.88 bits per heavy atom. The van der Waals surface area contributed by atoms with E-state index in [4.69, 9.17) is 10.4 Å². The summed E-state index contributed by atoms with van der Waals surface area (Å²) in [7, 11) is 0. The largest absolute Gasteiger partial charge is 0.507 e. The molecule has 0 saturated carbocycles. The number of alkyl halides is 6. The van der Waals surface area contributed by atoms with Crippen molar-refractivity contribution in [1.82, 2.24) is 0 Å². The third-order valence-corrected chi connectivity index (χ3v) is 1.88. The van der Waals surface area contributed by atoms with Crippen LogP contribution in [0.4, 0.5) is 26.3 Å². The van der Waals surface area contributed by atoms with Gasteiger partial charge in [-0.05, 0) is 12.1 Å². The maximum Gasteiger partial charge on any atom is 0.421 e. The molecular formula is C9H3F6NO. The van der Waals surface area contributed by atoms with Gasteiger partial charge in [-0.3, -0.25) is 0 Å². The lowest BCUT2D eigenvalue weighted by Crippen LogP contribution is -2.15. The number of phenolic OH excluding ortho intramolecular Hbond substituents is 1. The van der Waals surface area contributed by atoms with Crippen molar-refractivity contribution < 1.29 is 31.4 Å². The molecule has 0 fully saturated rings. The molecule has 0 unspecified atom stereocenters. The van der Waals surface area contributed by atoms with Gasteiger partial charge in [0.15, 0.2) is 0 Å². The molecule has 0 aliphatic carbocycles. The highest BCUT2D eigenvalue weighted by molar-refractivity contribution is 5.53. The quantitative estimate of drug-likeness (QED) is 0.723. The predicted molar refractivity (Wildman–Crippen MR) is 42.8 cm³/mol. The highest BCUT2D eigenvalue weighted by Crippen LogP contribution is 2.43. The Labute approximate surface area is 90.7 Å². The fourth-order valence-corrected chi connectivity index (χ4v) is 1.23. The van der Waals surface area contributed by atoms with Gasteiger partial charge in [-0.1, -0.05) is 0 Å². The van der Waals surface area contributed by atoms with Gasteiger partial charge in [-0.2, -0.15) is 31.6 Å². The molecule has 1 N–H and O–H groups in total. The molecule has 8 heteroatoms. The molecule has 1 aromatic rings. The fraction of sp³-hybridized carbons (Fsp3) is 0.222. The topological polar surface area (TPSA) is 44.0 Å². The molecule has 2 nitrogen and oxygen atoms in total. The minimum absolute atomic E-state index is 0.225. The Kier molecular flexibility index (Phi) is 2.97. The summed E-state index contributed by atoms with van der Waals surface area (Å²) in [6.45, 7) is 0. The van der Waals surface area contributed by atoms with Crippen molar-refractivity contribution in [2.75, 3.05) is 0 Å². The van der Waals surface area contributed by atoms with Crippen LogP contribution in [0, 0.1) is 11.3 Å². The second kappa shape index (κ2) is 3.84. The van der Waals surface area contributed by atoms with Gasteiger partial charge >= 0.3 is 12.4 Å². The van der Waals surface area contributed by atoms with Crippen molar-refractivity contribution in [2.45, 2.75) is 12.4 Å². The monoisotopic (exact) mass is 255 g/mol. The summed E-state index contributed by atoms with van der Waals surface area (Å²) in [4.78, 5) is 0. The van der Waals surface area contributed by atoms with Crippen LogP contribution >= 0.6 is 0 Å². The number of rotatable bonds is 0. The highest BCUT2D eigenvalue weighted by Gasteiger charge is 2.43. The normalized spacial score (nSPS) is 12.3. The number of benzene rings is 1. The zero-order valence-corrected chi connectivity index (χ0v) is 7.82. The van der Waals surface area contributed by atoms with Crippen LogP contribution in [0.1, 0.15) is 16.7 Å². The second-order valence-electron chi connectivity index (χ2n) is 2.99. The van der Waals surface area contributed by atoms with Gasteiger partial charge in [0.05, 0.1) is 11.1 Å². The molecule has 0 aliphatic rings. The van der Waals surface area contributed by atoms with Crippen LogP contribution in [-0.4, -0.2) is 5.11 Å². The van der Waals surface area contributed by atoms with Crippen LogP contribution in [0.5, 0.6) is 5.75 Å². The minimum Gasteiger partial charge on any atom is -0.507 e. The van der Waals surface area contributed by atoms with E-state index in [0.29, 0.717) is 0 Å². The summed E-state index contributed by atoms with van der Waals surface area (Å²) >= 11 is 0. The fourth-order valence-electron chi connectivity index (χ4n) is 1.23. The van der Waals surface area contributed by atoms with Gasteiger partial charge in [-0.15, -0.1) is 0 Å². The summed E-state index contributed by atoms with van der Waals surface area (Å²) in [6.07, 6.45) is -10.3. The number of aromatic hydroxyl groups is 1. The van der Waals surface area contributed by atoms with Crippen molar-refractivity contribution in [3.63, 3.8) is 0 Å². The van der Waals surface area contributed by atoms with Crippen LogP contribution < -0.4 is 0 Å². The van der Waals surface area contributed by atoms with Gasteiger partial charge < -0.3 is 5.11 Å². The van der Waals surface area contributed by atoms with E-state index in [2.05, 4.69) is 0 Å². The van der Waals surface area contributed by atoms with E-state index in [1.807, 2.05) is 0 Å². The molecule has 0 bridgehead atoms. The van der Waals surface area contributed by atoms with Gasteiger partial charge in [0.2, 0.25) is 0 Å². The Morgan fingerprint density at radius 2 is 1.53 bits per heavy atom. The molecule has 0 aliphatic heterocycles. The minimum atomic E-state index is -5.24. The summed E-state index contributed by atoms with van der Waals surface area (Å²) in [6, 6.07) is 1.30. The van der Waals surface area contributed by atoms with Crippen LogP contribution in [0.3, 0.4) is 0 Å². The molecule has 0 aromatic heterocycles. The number of hydrogen-bond donors (Lipinski definition) is 1. The standard InChI is InChI=1S/C9H3F6NO/c10-8(11,12)5-1-2-6(17)7(4(5)3-16)9(13,14)15/h1-2,17H. The third-order valence-electron chi connectivity index (χ3n) is 1.88. The molecule has 0 amide bonds. The molecular weight excluding hydrogens is 252 g/mol. The molecule has 0 saturated heterocycles. The summed E-state index contributed by atoms with van der Waals surface area (Å²) in [5.74, 6) is -1.41. The molecule has 1 rings (SSSR count). The average Bonchev–Trinajstić information content (AvgIpc) is 2.12. The first-order chi connectivity index (χ1) is 7.59. The van der Waals surface area contributed by atoms with Crippen LogP contribution in [-0.2, 0) is 12.4 Å². The third kappa shape index (κ3) is 2.43. The lowest BCUT2D eigenvalue weighted by Gasteiger charge is -2.15. The smallest absolute Gasteiger partial charge is 0.421 e. The van der Waals surface area contributed by atoms with Gasteiger partial charge in [0.1, 0.15) is 17.4 Å². The molecule has 0 atom stereocenters. The van der Waals surface area contributed by atoms with Crippen molar-refractivity contribution in [3.8, 4) is 11.8 Å². The van der Waals surface area contributed by atoms with E-state index >= 15 is 0 Å². The zero-order chi connectivity index (χ0) is 13.4. The molecule has 0 spiro atoms. The van der Waals surface area contributed by atoms with E-state index < -0.39 is 34.8 Å². The second-order valence-corrected chi connectivity index (χ2v) is 2.99. The van der Waals surface area contributed by atoms with Crippen molar-refractivity contribution in [2.24, 2.45) is 0 Å². The average molecular weight is 255 g/mol. The molecule has 92 valence electrons. The SMILES string of the molecule is N#Cc1c(C(F)(F)F)ccc(O)c1C(F)(F)F. The summed E-state index contributed by atoms with van der Waals surface area (Å²) in [5.41, 5.74) is -5.34. The predicted octanol–water partition coefficient (Wildman–Crippen LogP) is 3.30. The molecule has 1 aromatic carbocycles. The van der Waals surface area contributed by atoms with E-state index in [9.17, 15) is 26.3 Å². The van der Waals surface area contributed by atoms with Gasteiger partial charge in [0, 0.05) is 0 Å². The zero-order valence-electron chi connectivity index (χ0n) is 7.82. The van der Waals surface area contributed by atoms with Gasteiger partial charge in [0.25, 0.3) is 0 Å². The van der Waals surface area contributed by atoms with E-state index in [-0.39, 0.29) is 12.1 Å². The van der Waals surface area contributed by atoms with Crippen LogP contribution in [0.25, 0.3) is 0 Å². The maximum absolute atomic E-state index is 12.4. The molecule has 0 radical (unpaired) electrons. The first-order valence-electron chi connectivity index (χ1n) is 3.99. The van der Waals surface area contributed by atoms with Gasteiger partial charge in [-0.25, -0.2) is 0 Å². The van der Waals surface area contributed by atoms with Crippen molar-refractivity contribution in [1.29, 1.82) is 5.26 Å². The Bertz CT molecular complexity index is 482. The lowest BCUT2D eigenvalue weighted by molar-refractivity contribution is -0.144. The Hall–Kier alpha value is -1.91. The maximum atomic E-state index is 12.4. The van der Waals surface area contributed by atoms with E-state index in [1.165, 1.54) is 0 Å².